The number of fused-ring (bicyclic) bond motifs is 1. The van der Waals surface area contributed by atoms with Crippen molar-refractivity contribution in [1.82, 2.24) is 9.97 Å². The predicted octanol–water partition coefficient (Wildman–Crippen LogP) is 3.26. The van der Waals surface area contributed by atoms with E-state index in [1.807, 2.05) is 24.3 Å². The lowest BCUT2D eigenvalue weighted by Gasteiger charge is -2.23. The molecule has 1 atom stereocenters. The van der Waals surface area contributed by atoms with Crippen molar-refractivity contribution >= 4 is 28.3 Å². The summed E-state index contributed by atoms with van der Waals surface area (Å²) < 4.78 is 5.70. The third kappa shape index (κ3) is 2.96. The fourth-order valence-corrected chi connectivity index (χ4v) is 2.54. The van der Waals surface area contributed by atoms with Gasteiger partial charge in [-0.15, -0.1) is 0 Å². The maximum atomic E-state index is 5.95. The summed E-state index contributed by atoms with van der Waals surface area (Å²) in [4.78, 5) is 8.49. The Hall–Kier alpha value is -1.39. The lowest BCUT2D eigenvalue weighted by atomic mass is 10.1. The molecule has 0 amide bonds. The highest BCUT2D eigenvalue weighted by molar-refractivity contribution is 6.28. The van der Waals surface area contributed by atoms with Crippen molar-refractivity contribution in [2.24, 2.45) is 0 Å². The molecule has 0 saturated carbocycles. The van der Waals surface area contributed by atoms with Crippen molar-refractivity contribution in [3.05, 3.63) is 29.5 Å². The van der Waals surface area contributed by atoms with E-state index < -0.39 is 0 Å². The first-order valence-electron chi connectivity index (χ1n) is 6.61. The lowest BCUT2D eigenvalue weighted by Crippen LogP contribution is -2.27. The molecule has 1 saturated heterocycles. The molecule has 1 fully saturated rings. The second kappa shape index (κ2) is 5.72. The van der Waals surface area contributed by atoms with Crippen molar-refractivity contribution in [1.29, 1.82) is 0 Å². The number of nitrogens with zero attached hydrogens (tertiary/aromatic N) is 2. The van der Waals surface area contributed by atoms with E-state index in [0.717, 1.165) is 36.3 Å². The number of anilines is 1. The summed E-state index contributed by atoms with van der Waals surface area (Å²) >= 11 is 5.95. The first kappa shape index (κ1) is 12.6. The van der Waals surface area contributed by atoms with Crippen LogP contribution in [0, 0.1) is 0 Å². The van der Waals surface area contributed by atoms with Crippen LogP contribution in [0.2, 0.25) is 5.28 Å². The maximum absolute atomic E-state index is 5.95. The van der Waals surface area contributed by atoms with E-state index in [9.17, 15) is 0 Å². The Kier molecular flexibility index (Phi) is 3.80. The molecule has 1 N–H and O–H groups in total. The standard InChI is InChI=1S/C14H16ClN3O/c15-14-17-12-7-2-1-6-11(12)13(18-14)16-9-10-5-3-4-8-19-10/h1-2,6-7,10H,3-5,8-9H2,(H,16,17,18). The molecule has 0 aliphatic carbocycles. The Morgan fingerprint density at radius 1 is 1.26 bits per heavy atom. The molecule has 2 heterocycles. The second-order valence-corrected chi connectivity index (χ2v) is 5.07. The van der Waals surface area contributed by atoms with Crippen LogP contribution >= 0.6 is 11.6 Å². The van der Waals surface area contributed by atoms with Crippen LogP contribution < -0.4 is 5.32 Å². The molecular weight excluding hydrogens is 262 g/mol. The molecule has 19 heavy (non-hydrogen) atoms. The molecule has 1 aromatic heterocycles. The smallest absolute Gasteiger partial charge is 0.224 e. The number of rotatable bonds is 3. The zero-order valence-corrected chi connectivity index (χ0v) is 11.4. The fourth-order valence-electron chi connectivity index (χ4n) is 2.36. The van der Waals surface area contributed by atoms with Crippen LogP contribution in [0.25, 0.3) is 10.9 Å². The summed E-state index contributed by atoms with van der Waals surface area (Å²) in [5, 5.41) is 4.60. The SMILES string of the molecule is Clc1nc(NCC2CCCCO2)c2ccccc2n1. The normalized spacial score (nSPS) is 19.5. The summed E-state index contributed by atoms with van der Waals surface area (Å²) in [6.45, 7) is 1.62. The van der Waals surface area contributed by atoms with E-state index in [2.05, 4.69) is 15.3 Å². The van der Waals surface area contributed by atoms with Crippen molar-refractivity contribution in [3.8, 4) is 0 Å². The third-order valence-corrected chi connectivity index (χ3v) is 3.52. The average Bonchev–Trinajstić information content (AvgIpc) is 2.45. The van der Waals surface area contributed by atoms with Crippen LogP contribution in [-0.2, 0) is 4.74 Å². The highest BCUT2D eigenvalue weighted by Crippen LogP contribution is 2.22. The van der Waals surface area contributed by atoms with Crippen LogP contribution in [0.15, 0.2) is 24.3 Å². The van der Waals surface area contributed by atoms with Crippen LogP contribution in [-0.4, -0.2) is 29.2 Å². The number of para-hydroxylation sites is 1. The van der Waals surface area contributed by atoms with E-state index in [-0.39, 0.29) is 11.4 Å². The number of hydrogen-bond acceptors (Lipinski definition) is 4. The summed E-state index contributed by atoms with van der Waals surface area (Å²) in [6.07, 6.45) is 3.77. The van der Waals surface area contributed by atoms with Crippen molar-refractivity contribution < 1.29 is 4.74 Å². The van der Waals surface area contributed by atoms with Gasteiger partial charge in [-0.1, -0.05) is 12.1 Å². The van der Waals surface area contributed by atoms with Gasteiger partial charge >= 0.3 is 0 Å². The first-order chi connectivity index (χ1) is 9.33. The minimum absolute atomic E-state index is 0.265. The van der Waals surface area contributed by atoms with Gasteiger partial charge in [0.05, 0.1) is 11.6 Å². The molecule has 0 radical (unpaired) electrons. The predicted molar refractivity (Wildman–Crippen MR) is 76.6 cm³/mol. The lowest BCUT2D eigenvalue weighted by molar-refractivity contribution is 0.0247. The highest BCUT2D eigenvalue weighted by Gasteiger charge is 2.14. The summed E-state index contributed by atoms with van der Waals surface area (Å²) in [6, 6.07) is 7.85. The number of nitrogens with one attached hydrogen (secondary N) is 1. The number of halogens is 1. The van der Waals surface area contributed by atoms with E-state index in [0.29, 0.717) is 0 Å². The van der Waals surface area contributed by atoms with Crippen molar-refractivity contribution in [2.45, 2.75) is 25.4 Å². The topological polar surface area (TPSA) is 47.0 Å². The molecule has 1 unspecified atom stereocenters. The Bertz CT molecular complexity index is 570. The molecule has 5 heteroatoms. The van der Waals surface area contributed by atoms with Crippen LogP contribution in [0.1, 0.15) is 19.3 Å². The molecular formula is C14H16ClN3O. The molecule has 4 nitrogen and oxygen atoms in total. The second-order valence-electron chi connectivity index (χ2n) is 4.73. The zero-order chi connectivity index (χ0) is 13.1. The van der Waals surface area contributed by atoms with Crippen LogP contribution in [0.3, 0.4) is 0 Å². The van der Waals surface area contributed by atoms with Gasteiger partial charge in [0.25, 0.3) is 0 Å². The number of aromatic nitrogens is 2. The van der Waals surface area contributed by atoms with Gasteiger partial charge < -0.3 is 10.1 Å². The Morgan fingerprint density at radius 3 is 3.00 bits per heavy atom. The summed E-state index contributed by atoms with van der Waals surface area (Å²) in [7, 11) is 0. The molecule has 100 valence electrons. The van der Waals surface area contributed by atoms with Crippen molar-refractivity contribution in [2.75, 3.05) is 18.5 Å². The number of benzene rings is 1. The average molecular weight is 278 g/mol. The van der Waals surface area contributed by atoms with Gasteiger partial charge in [0.2, 0.25) is 5.28 Å². The molecule has 1 aromatic carbocycles. The minimum Gasteiger partial charge on any atom is -0.376 e. The van der Waals surface area contributed by atoms with Crippen molar-refractivity contribution in [3.63, 3.8) is 0 Å². The molecule has 3 rings (SSSR count). The monoisotopic (exact) mass is 277 g/mol. The van der Waals surface area contributed by atoms with Gasteiger partial charge in [0.1, 0.15) is 5.82 Å². The van der Waals surface area contributed by atoms with Gasteiger partial charge in [-0.25, -0.2) is 9.97 Å². The Labute approximate surface area is 117 Å². The molecule has 0 bridgehead atoms. The van der Waals surface area contributed by atoms with Gasteiger partial charge in [-0.05, 0) is 43.0 Å². The van der Waals surface area contributed by atoms with Gasteiger partial charge in [-0.3, -0.25) is 0 Å². The largest absolute Gasteiger partial charge is 0.376 e. The number of hydrogen-bond donors (Lipinski definition) is 1. The Balaban J connectivity index is 1.79. The zero-order valence-electron chi connectivity index (χ0n) is 10.6. The summed E-state index contributed by atoms with van der Waals surface area (Å²) in [5.41, 5.74) is 0.856. The molecule has 1 aliphatic rings. The number of ether oxygens (including phenoxy) is 1. The van der Waals surface area contributed by atoms with Gasteiger partial charge in [0.15, 0.2) is 0 Å². The van der Waals surface area contributed by atoms with E-state index in [1.165, 1.54) is 12.8 Å². The highest BCUT2D eigenvalue weighted by atomic mass is 35.5. The van der Waals surface area contributed by atoms with E-state index in [1.54, 1.807) is 0 Å². The van der Waals surface area contributed by atoms with E-state index >= 15 is 0 Å². The quantitative estimate of drug-likeness (QED) is 0.875. The fraction of sp³-hybridized carbons (Fsp3) is 0.429. The van der Waals surface area contributed by atoms with Gasteiger partial charge in [-0.2, -0.15) is 0 Å². The maximum Gasteiger partial charge on any atom is 0.224 e. The van der Waals surface area contributed by atoms with Gasteiger partial charge in [0, 0.05) is 18.5 Å². The third-order valence-electron chi connectivity index (χ3n) is 3.35. The molecule has 2 aromatic rings. The first-order valence-corrected chi connectivity index (χ1v) is 6.98. The Morgan fingerprint density at radius 2 is 2.16 bits per heavy atom. The van der Waals surface area contributed by atoms with E-state index in [4.69, 9.17) is 16.3 Å². The van der Waals surface area contributed by atoms with Crippen LogP contribution in [0.5, 0.6) is 0 Å². The summed E-state index contributed by atoms with van der Waals surface area (Å²) in [5.74, 6) is 0.782. The molecule has 1 aliphatic heterocycles. The van der Waals surface area contributed by atoms with Crippen LogP contribution in [0.4, 0.5) is 5.82 Å². The molecule has 0 spiro atoms. The minimum atomic E-state index is 0.265.